The molecule has 112 valence electrons. The highest BCUT2D eigenvalue weighted by Gasteiger charge is 2.40. The Kier molecular flexibility index (Phi) is 4.10. The van der Waals surface area contributed by atoms with E-state index in [4.69, 9.17) is 0 Å². The summed E-state index contributed by atoms with van der Waals surface area (Å²) in [7, 11) is 0.692. The average molecular weight is 307 g/mol. The number of rotatable bonds is 2. The van der Waals surface area contributed by atoms with Gasteiger partial charge in [-0.25, -0.2) is 14.2 Å². The Hall–Kier alpha value is -2.07. The van der Waals surface area contributed by atoms with E-state index in [9.17, 15) is 35.5 Å². The SMILES string of the molecule is COC(=O)c1nc(C(F)(F)F)c(F)cc1OC(F)(F)F. The normalized spacial score (nSPS) is 12.2. The van der Waals surface area contributed by atoms with Crippen molar-refractivity contribution in [3.63, 3.8) is 0 Å². The Morgan fingerprint density at radius 1 is 1.20 bits per heavy atom. The maximum Gasteiger partial charge on any atom is 0.573 e. The summed E-state index contributed by atoms with van der Waals surface area (Å²) in [5.41, 5.74) is -3.61. The molecule has 0 amide bonds. The van der Waals surface area contributed by atoms with E-state index >= 15 is 0 Å². The van der Waals surface area contributed by atoms with E-state index in [-0.39, 0.29) is 6.07 Å². The molecule has 0 radical (unpaired) electrons. The summed E-state index contributed by atoms with van der Waals surface area (Å²) in [4.78, 5) is 13.6. The minimum absolute atomic E-state index is 0.241. The molecule has 0 fully saturated rings. The topological polar surface area (TPSA) is 48.4 Å². The maximum absolute atomic E-state index is 13.1. The zero-order valence-corrected chi connectivity index (χ0v) is 9.40. The van der Waals surface area contributed by atoms with Gasteiger partial charge in [-0.05, 0) is 0 Å². The van der Waals surface area contributed by atoms with Crippen molar-refractivity contribution in [3.8, 4) is 5.75 Å². The van der Waals surface area contributed by atoms with Gasteiger partial charge in [-0.3, -0.25) is 0 Å². The number of alkyl halides is 6. The second-order valence-corrected chi connectivity index (χ2v) is 3.20. The molecule has 0 unspecified atom stereocenters. The first-order valence-electron chi connectivity index (χ1n) is 4.57. The van der Waals surface area contributed by atoms with E-state index in [0.717, 1.165) is 0 Å². The van der Waals surface area contributed by atoms with Crippen LogP contribution < -0.4 is 4.74 Å². The van der Waals surface area contributed by atoms with Gasteiger partial charge in [-0.15, -0.1) is 13.2 Å². The third-order valence-electron chi connectivity index (χ3n) is 1.81. The molecule has 4 nitrogen and oxygen atoms in total. The molecule has 0 spiro atoms. The standard InChI is InChI=1S/C9H4F7NO3/c1-19-7(18)5-4(20-9(14,15)16)2-3(10)6(17-5)8(11,12)13/h2H,1H3. The van der Waals surface area contributed by atoms with Crippen LogP contribution in [-0.2, 0) is 10.9 Å². The summed E-state index contributed by atoms with van der Waals surface area (Å²) in [6.45, 7) is 0. The Morgan fingerprint density at radius 2 is 1.75 bits per heavy atom. The molecule has 0 bridgehead atoms. The molecular formula is C9H4F7NO3. The fourth-order valence-electron chi connectivity index (χ4n) is 1.12. The Bertz CT molecular complexity index is 523. The van der Waals surface area contributed by atoms with Gasteiger partial charge in [0, 0.05) is 6.07 Å². The largest absolute Gasteiger partial charge is 0.573 e. The molecular weight excluding hydrogens is 303 g/mol. The molecule has 1 aromatic heterocycles. The van der Waals surface area contributed by atoms with E-state index in [1.54, 1.807) is 0 Å². The first-order chi connectivity index (χ1) is 8.95. The van der Waals surface area contributed by atoms with Crippen molar-refractivity contribution in [3.05, 3.63) is 23.3 Å². The van der Waals surface area contributed by atoms with Crippen LogP contribution in [0, 0.1) is 5.82 Å². The van der Waals surface area contributed by atoms with Crippen molar-refractivity contribution in [1.82, 2.24) is 4.98 Å². The molecule has 0 aliphatic carbocycles. The number of esters is 1. The predicted molar refractivity (Wildman–Crippen MR) is 47.2 cm³/mol. The molecule has 0 saturated heterocycles. The highest BCUT2D eigenvalue weighted by atomic mass is 19.4. The molecule has 20 heavy (non-hydrogen) atoms. The second kappa shape index (κ2) is 5.13. The lowest BCUT2D eigenvalue weighted by Crippen LogP contribution is -2.22. The smallest absolute Gasteiger partial charge is 0.464 e. The van der Waals surface area contributed by atoms with Crippen LogP contribution in [0.4, 0.5) is 30.7 Å². The Morgan fingerprint density at radius 3 is 2.15 bits per heavy atom. The molecule has 0 N–H and O–H groups in total. The zero-order chi connectivity index (χ0) is 15.7. The van der Waals surface area contributed by atoms with Crippen LogP contribution in [0.1, 0.15) is 16.2 Å². The molecule has 0 aliphatic heterocycles. The third kappa shape index (κ3) is 3.71. The van der Waals surface area contributed by atoms with E-state index in [1.807, 2.05) is 0 Å². The average Bonchev–Trinajstić information content (AvgIpc) is 2.24. The van der Waals surface area contributed by atoms with E-state index in [1.165, 1.54) is 0 Å². The van der Waals surface area contributed by atoms with Crippen molar-refractivity contribution in [2.24, 2.45) is 0 Å². The molecule has 0 saturated carbocycles. The number of carbonyl (C=O) groups is 1. The molecule has 0 aliphatic rings. The van der Waals surface area contributed by atoms with Gasteiger partial charge in [-0.1, -0.05) is 0 Å². The van der Waals surface area contributed by atoms with E-state index in [0.29, 0.717) is 7.11 Å². The Labute approximate surface area is 106 Å². The summed E-state index contributed by atoms with van der Waals surface area (Å²) in [5, 5.41) is 0. The van der Waals surface area contributed by atoms with Crippen LogP contribution >= 0.6 is 0 Å². The molecule has 11 heteroatoms. The van der Waals surface area contributed by atoms with Crippen LogP contribution in [0.2, 0.25) is 0 Å². The zero-order valence-electron chi connectivity index (χ0n) is 9.40. The molecule has 0 aromatic carbocycles. The van der Waals surface area contributed by atoms with Crippen LogP contribution in [0.5, 0.6) is 5.75 Å². The number of hydrogen-bond acceptors (Lipinski definition) is 4. The third-order valence-corrected chi connectivity index (χ3v) is 1.81. The quantitative estimate of drug-likeness (QED) is 0.622. The van der Waals surface area contributed by atoms with Gasteiger partial charge in [0.05, 0.1) is 7.11 Å². The van der Waals surface area contributed by atoms with Gasteiger partial charge >= 0.3 is 18.5 Å². The molecule has 1 heterocycles. The highest BCUT2D eigenvalue weighted by molar-refractivity contribution is 5.90. The molecule has 0 atom stereocenters. The van der Waals surface area contributed by atoms with Gasteiger partial charge < -0.3 is 9.47 Å². The van der Waals surface area contributed by atoms with E-state index < -0.39 is 41.5 Å². The van der Waals surface area contributed by atoms with Crippen LogP contribution in [0.15, 0.2) is 6.07 Å². The highest BCUT2D eigenvalue weighted by Crippen LogP contribution is 2.34. The fourth-order valence-corrected chi connectivity index (χ4v) is 1.12. The summed E-state index contributed by atoms with van der Waals surface area (Å²) in [5.74, 6) is -5.30. The number of hydrogen-bond donors (Lipinski definition) is 0. The number of pyridine rings is 1. The number of aromatic nitrogens is 1. The van der Waals surface area contributed by atoms with Gasteiger partial charge in [0.2, 0.25) is 0 Å². The van der Waals surface area contributed by atoms with Gasteiger partial charge in [0.15, 0.2) is 23.0 Å². The first-order valence-corrected chi connectivity index (χ1v) is 4.57. The van der Waals surface area contributed by atoms with Gasteiger partial charge in [0.25, 0.3) is 0 Å². The fraction of sp³-hybridized carbons (Fsp3) is 0.333. The van der Waals surface area contributed by atoms with Crippen LogP contribution in [0.3, 0.4) is 0 Å². The monoisotopic (exact) mass is 307 g/mol. The lowest BCUT2D eigenvalue weighted by atomic mass is 10.2. The number of methoxy groups -OCH3 is 1. The number of ether oxygens (including phenoxy) is 2. The summed E-state index contributed by atoms with van der Waals surface area (Å²) in [6.07, 6.45) is -10.7. The van der Waals surface area contributed by atoms with Crippen molar-refractivity contribution in [1.29, 1.82) is 0 Å². The summed E-state index contributed by atoms with van der Waals surface area (Å²) < 4.78 is 93.3. The van der Waals surface area contributed by atoms with Crippen LogP contribution in [-0.4, -0.2) is 24.4 Å². The van der Waals surface area contributed by atoms with Crippen molar-refractivity contribution >= 4 is 5.97 Å². The number of halogens is 7. The number of carbonyl (C=O) groups excluding carboxylic acids is 1. The van der Waals surface area contributed by atoms with Crippen molar-refractivity contribution < 1.29 is 45.0 Å². The second-order valence-electron chi connectivity index (χ2n) is 3.20. The molecule has 1 rings (SSSR count). The van der Waals surface area contributed by atoms with Gasteiger partial charge in [0.1, 0.15) is 0 Å². The van der Waals surface area contributed by atoms with Crippen molar-refractivity contribution in [2.75, 3.05) is 7.11 Å². The minimum Gasteiger partial charge on any atom is -0.464 e. The van der Waals surface area contributed by atoms with E-state index in [2.05, 4.69) is 14.5 Å². The first kappa shape index (κ1) is 16.0. The molecule has 1 aromatic rings. The predicted octanol–water partition coefficient (Wildman–Crippen LogP) is 2.92. The van der Waals surface area contributed by atoms with Crippen molar-refractivity contribution in [2.45, 2.75) is 12.5 Å². The lowest BCUT2D eigenvalue weighted by Gasteiger charge is -2.14. The van der Waals surface area contributed by atoms with Crippen LogP contribution in [0.25, 0.3) is 0 Å². The summed E-state index contributed by atoms with van der Waals surface area (Å²) in [6, 6.07) is -0.241. The van der Waals surface area contributed by atoms with Gasteiger partial charge in [-0.2, -0.15) is 13.2 Å². The minimum atomic E-state index is -5.35. The summed E-state index contributed by atoms with van der Waals surface area (Å²) >= 11 is 0. The maximum atomic E-state index is 13.1. The Balaban J connectivity index is 3.45. The lowest BCUT2D eigenvalue weighted by molar-refractivity contribution is -0.274. The number of nitrogens with zero attached hydrogens (tertiary/aromatic N) is 1.